The molecule has 1 rings (SSSR count). The second-order valence-corrected chi connectivity index (χ2v) is 3.11. The molecule has 0 aromatic heterocycles. The number of imide groups is 1. The van der Waals surface area contributed by atoms with E-state index >= 15 is 0 Å². The Bertz CT molecular complexity index is 379. The van der Waals surface area contributed by atoms with Crippen molar-refractivity contribution >= 4 is 12.2 Å². The molecular weight excluding hydrogens is 226 g/mol. The maximum Gasteiger partial charge on any atom is 0.450 e. The van der Waals surface area contributed by atoms with E-state index in [1.54, 1.807) is 37.3 Å². The normalized spacial score (nSPS) is 9.71. The molecule has 6 heteroatoms. The molecular formula is C11H13NO5. The van der Waals surface area contributed by atoms with Crippen LogP contribution >= 0.6 is 0 Å². The number of nitrogens with zero attached hydrogens (tertiary/aromatic N) is 1. The van der Waals surface area contributed by atoms with Crippen molar-refractivity contribution in [1.29, 1.82) is 0 Å². The van der Waals surface area contributed by atoms with Crippen molar-refractivity contribution in [2.75, 3.05) is 6.61 Å². The lowest BCUT2D eigenvalue weighted by Gasteiger charge is -2.15. The molecule has 1 aromatic carbocycles. The van der Waals surface area contributed by atoms with Gasteiger partial charge in [-0.1, -0.05) is 30.3 Å². The zero-order chi connectivity index (χ0) is 12.7. The summed E-state index contributed by atoms with van der Waals surface area (Å²) in [6.07, 6.45) is -2.44. The number of carbonyl (C=O) groups excluding carboxylic acids is 1. The average molecular weight is 239 g/mol. The lowest BCUT2D eigenvalue weighted by molar-refractivity contribution is -0.240. The summed E-state index contributed by atoms with van der Waals surface area (Å²) in [5.74, 6) is 0. The smallest absolute Gasteiger partial charge is 0.450 e. The Morgan fingerprint density at radius 2 is 1.94 bits per heavy atom. The lowest BCUT2D eigenvalue weighted by atomic mass is 10.2. The van der Waals surface area contributed by atoms with Crippen molar-refractivity contribution in [1.82, 2.24) is 4.90 Å². The Labute approximate surface area is 98.3 Å². The van der Waals surface area contributed by atoms with Crippen LogP contribution in [-0.2, 0) is 16.3 Å². The van der Waals surface area contributed by atoms with Gasteiger partial charge in [0.05, 0.1) is 13.2 Å². The molecule has 0 saturated heterocycles. The molecule has 0 fully saturated rings. The van der Waals surface area contributed by atoms with Crippen molar-refractivity contribution in [2.24, 2.45) is 0 Å². The van der Waals surface area contributed by atoms with Crippen LogP contribution in [0.4, 0.5) is 9.59 Å². The van der Waals surface area contributed by atoms with Crippen LogP contribution in [0.2, 0.25) is 0 Å². The number of hydrogen-bond donors (Lipinski definition) is 1. The Morgan fingerprint density at radius 3 is 2.47 bits per heavy atom. The van der Waals surface area contributed by atoms with E-state index < -0.39 is 12.2 Å². The summed E-state index contributed by atoms with van der Waals surface area (Å²) in [6.45, 7) is 1.70. The summed E-state index contributed by atoms with van der Waals surface area (Å²) in [5.41, 5.74) is 0.684. The number of carbonyl (C=O) groups is 2. The van der Waals surface area contributed by atoms with E-state index in [0.717, 1.165) is 0 Å². The quantitative estimate of drug-likeness (QED) is 0.644. The first-order chi connectivity index (χ1) is 8.15. The van der Waals surface area contributed by atoms with E-state index in [0.29, 0.717) is 10.5 Å². The zero-order valence-corrected chi connectivity index (χ0v) is 9.33. The number of hydrogen-bond acceptors (Lipinski definition) is 4. The predicted octanol–water partition coefficient (Wildman–Crippen LogP) is 2.25. The Hall–Kier alpha value is -2.08. The summed E-state index contributed by atoms with van der Waals surface area (Å²) in [4.78, 5) is 31.5. The Morgan fingerprint density at radius 1 is 1.29 bits per heavy atom. The van der Waals surface area contributed by atoms with Crippen LogP contribution in [0.25, 0.3) is 0 Å². The van der Waals surface area contributed by atoms with Crippen LogP contribution in [0, 0.1) is 0 Å². The predicted molar refractivity (Wildman–Crippen MR) is 58.1 cm³/mol. The highest BCUT2D eigenvalue weighted by atomic mass is 17.2. The molecule has 0 aliphatic carbocycles. The van der Waals surface area contributed by atoms with E-state index in [1.165, 1.54) is 0 Å². The van der Waals surface area contributed by atoms with Gasteiger partial charge in [0, 0.05) is 0 Å². The second kappa shape index (κ2) is 6.49. The van der Waals surface area contributed by atoms with Gasteiger partial charge in [0.2, 0.25) is 0 Å². The van der Waals surface area contributed by atoms with Crippen molar-refractivity contribution in [2.45, 2.75) is 13.5 Å². The standard InChI is InChI=1S/C11H13NO5/c1-2-16-17-11(15)12(10(13)14)8-9-6-4-3-5-7-9/h3-7H,2,8H2,1H3,(H,13,14). The molecule has 0 bridgehead atoms. The van der Waals surface area contributed by atoms with Gasteiger partial charge in [0.15, 0.2) is 0 Å². The van der Waals surface area contributed by atoms with Gasteiger partial charge in [0.25, 0.3) is 0 Å². The maximum absolute atomic E-state index is 11.3. The minimum Gasteiger partial charge on any atom is -0.465 e. The second-order valence-electron chi connectivity index (χ2n) is 3.11. The maximum atomic E-state index is 11.3. The van der Waals surface area contributed by atoms with Crippen LogP contribution in [0.3, 0.4) is 0 Å². The van der Waals surface area contributed by atoms with Crippen molar-refractivity contribution < 1.29 is 24.5 Å². The van der Waals surface area contributed by atoms with E-state index in [-0.39, 0.29) is 13.2 Å². The van der Waals surface area contributed by atoms with E-state index in [4.69, 9.17) is 5.11 Å². The molecule has 92 valence electrons. The number of carboxylic acid groups (broad SMARTS) is 1. The number of benzene rings is 1. The third kappa shape index (κ3) is 4.12. The van der Waals surface area contributed by atoms with Crippen molar-refractivity contribution in [3.05, 3.63) is 35.9 Å². The highest BCUT2D eigenvalue weighted by Gasteiger charge is 2.23. The lowest BCUT2D eigenvalue weighted by Crippen LogP contribution is -2.35. The fraction of sp³-hybridized carbons (Fsp3) is 0.273. The Kier molecular flexibility index (Phi) is 4.96. The minimum absolute atomic E-state index is 0.0813. The highest BCUT2D eigenvalue weighted by molar-refractivity contribution is 5.86. The van der Waals surface area contributed by atoms with Gasteiger partial charge in [-0.05, 0) is 12.5 Å². The van der Waals surface area contributed by atoms with Gasteiger partial charge in [-0.2, -0.15) is 4.89 Å². The summed E-state index contributed by atoms with van der Waals surface area (Å²) < 4.78 is 0. The third-order valence-corrected chi connectivity index (χ3v) is 1.88. The van der Waals surface area contributed by atoms with Crippen LogP contribution in [0.1, 0.15) is 12.5 Å². The molecule has 1 aromatic rings. The van der Waals surface area contributed by atoms with Crippen LogP contribution in [0.15, 0.2) is 30.3 Å². The monoisotopic (exact) mass is 239 g/mol. The average Bonchev–Trinajstić information content (AvgIpc) is 2.34. The van der Waals surface area contributed by atoms with Gasteiger partial charge in [-0.25, -0.2) is 14.5 Å². The van der Waals surface area contributed by atoms with Crippen LogP contribution < -0.4 is 0 Å². The third-order valence-electron chi connectivity index (χ3n) is 1.88. The molecule has 0 radical (unpaired) electrons. The molecule has 2 amide bonds. The van der Waals surface area contributed by atoms with E-state index in [1.807, 2.05) is 0 Å². The molecule has 0 spiro atoms. The van der Waals surface area contributed by atoms with Gasteiger partial charge in [-0.3, -0.25) is 4.89 Å². The van der Waals surface area contributed by atoms with Gasteiger partial charge >= 0.3 is 12.2 Å². The minimum atomic E-state index is -1.39. The number of rotatable bonds is 4. The first-order valence-corrected chi connectivity index (χ1v) is 5.03. The molecule has 1 N–H and O–H groups in total. The summed E-state index contributed by atoms with van der Waals surface area (Å²) in [7, 11) is 0. The fourth-order valence-corrected chi connectivity index (χ4v) is 1.13. The number of amides is 2. The SMILES string of the molecule is CCOOC(=O)N(Cc1ccccc1)C(=O)O. The zero-order valence-electron chi connectivity index (χ0n) is 9.33. The molecule has 0 unspecified atom stereocenters. The van der Waals surface area contributed by atoms with Crippen molar-refractivity contribution in [3.63, 3.8) is 0 Å². The summed E-state index contributed by atoms with van der Waals surface area (Å²) >= 11 is 0. The largest absolute Gasteiger partial charge is 0.465 e. The van der Waals surface area contributed by atoms with E-state index in [2.05, 4.69) is 9.78 Å². The van der Waals surface area contributed by atoms with Crippen molar-refractivity contribution in [3.8, 4) is 0 Å². The Balaban J connectivity index is 2.67. The molecule has 6 nitrogen and oxygen atoms in total. The van der Waals surface area contributed by atoms with Gasteiger partial charge in [0.1, 0.15) is 0 Å². The van der Waals surface area contributed by atoms with E-state index in [9.17, 15) is 9.59 Å². The first kappa shape index (κ1) is 13.0. The molecule has 0 aliphatic heterocycles. The summed E-state index contributed by atoms with van der Waals surface area (Å²) in [6, 6.07) is 8.73. The summed E-state index contributed by atoms with van der Waals surface area (Å²) in [5, 5.41) is 8.87. The topological polar surface area (TPSA) is 76.1 Å². The first-order valence-electron chi connectivity index (χ1n) is 5.03. The fourth-order valence-electron chi connectivity index (χ4n) is 1.13. The molecule has 0 saturated carbocycles. The highest BCUT2D eigenvalue weighted by Crippen LogP contribution is 2.06. The van der Waals surface area contributed by atoms with Crippen LogP contribution in [0.5, 0.6) is 0 Å². The van der Waals surface area contributed by atoms with Crippen LogP contribution in [-0.4, -0.2) is 28.8 Å². The van der Waals surface area contributed by atoms with Gasteiger partial charge < -0.3 is 5.11 Å². The molecule has 0 atom stereocenters. The molecule has 0 heterocycles. The van der Waals surface area contributed by atoms with Gasteiger partial charge in [-0.15, -0.1) is 0 Å². The molecule has 0 aliphatic rings. The molecule has 17 heavy (non-hydrogen) atoms.